The lowest BCUT2D eigenvalue weighted by Gasteiger charge is -2.30. The Morgan fingerprint density at radius 2 is 1.94 bits per heavy atom. The average Bonchev–Trinajstić information content (AvgIpc) is 3.38. The molecule has 0 aliphatic carbocycles. The van der Waals surface area contributed by atoms with Crippen molar-refractivity contribution in [3.8, 4) is 5.75 Å². The van der Waals surface area contributed by atoms with Gasteiger partial charge in [0, 0.05) is 44.6 Å². The first-order valence-corrected chi connectivity index (χ1v) is 12.4. The molecule has 0 spiro atoms. The van der Waals surface area contributed by atoms with E-state index >= 15 is 0 Å². The molecule has 0 radical (unpaired) electrons. The zero-order valence-corrected chi connectivity index (χ0v) is 20.2. The number of fused-ring (bicyclic) bond motifs is 1. The van der Waals surface area contributed by atoms with Crippen molar-refractivity contribution in [2.45, 2.75) is 44.1 Å². The molecule has 8 nitrogen and oxygen atoms in total. The van der Waals surface area contributed by atoms with E-state index in [0.717, 1.165) is 41.8 Å². The van der Waals surface area contributed by atoms with Crippen LogP contribution in [0.4, 0.5) is 6.01 Å². The lowest BCUT2D eigenvalue weighted by molar-refractivity contribution is -0.131. The summed E-state index contributed by atoms with van der Waals surface area (Å²) in [6, 6.07) is 16.3. The molecule has 2 aliphatic rings. The van der Waals surface area contributed by atoms with Crippen molar-refractivity contribution in [1.29, 1.82) is 0 Å². The standard InChI is InChI=1S/C27H32N4O4/c1-34-21-9-7-20(8-10-21)19-27(13-11-24(32)29-27)14-12-25(33)30-15-4-16-31(18-17-30)26-28-22-5-2-3-6-23(22)35-26/h2-3,5-10H,4,11-19H2,1H3,(H,29,32). The quantitative estimate of drug-likeness (QED) is 0.561. The van der Waals surface area contributed by atoms with E-state index in [4.69, 9.17) is 9.15 Å². The second-order valence-electron chi connectivity index (χ2n) is 9.54. The van der Waals surface area contributed by atoms with Crippen molar-refractivity contribution in [1.82, 2.24) is 15.2 Å². The molecule has 1 unspecified atom stereocenters. The highest BCUT2D eigenvalue weighted by molar-refractivity contribution is 5.80. The number of amides is 2. The van der Waals surface area contributed by atoms with Gasteiger partial charge in [0.25, 0.3) is 6.01 Å². The van der Waals surface area contributed by atoms with E-state index < -0.39 is 0 Å². The summed E-state index contributed by atoms with van der Waals surface area (Å²) < 4.78 is 11.2. The molecule has 1 N–H and O–H groups in total. The van der Waals surface area contributed by atoms with E-state index in [-0.39, 0.29) is 17.4 Å². The predicted octanol–water partition coefficient (Wildman–Crippen LogP) is 3.55. The number of oxazole rings is 1. The van der Waals surface area contributed by atoms with E-state index in [1.807, 2.05) is 53.4 Å². The van der Waals surface area contributed by atoms with Crippen LogP contribution in [-0.4, -0.2) is 60.5 Å². The van der Waals surface area contributed by atoms with Crippen LogP contribution < -0.4 is 15.0 Å². The van der Waals surface area contributed by atoms with Gasteiger partial charge in [-0.1, -0.05) is 24.3 Å². The van der Waals surface area contributed by atoms with Gasteiger partial charge in [0.1, 0.15) is 11.3 Å². The Balaban J connectivity index is 1.19. The van der Waals surface area contributed by atoms with Crippen molar-refractivity contribution in [3.05, 3.63) is 54.1 Å². The molecule has 2 fully saturated rings. The van der Waals surface area contributed by atoms with Crippen LogP contribution in [0.5, 0.6) is 5.75 Å². The number of carbonyl (C=O) groups is 2. The molecule has 5 rings (SSSR count). The zero-order chi connectivity index (χ0) is 24.3. The molecular formula is C27H32N4O4. The molecule has 35 heavy (non-hydrogen) atoms. The van der Waals surface area contributed by atoms with Crippen LogP contribution >= 0.6 is 0 Å². The van der Waals surface area contributed by atoms with Crippen molar-refractivity contribution < 1.29 is 18.7 Å². The minimum atomic E-state index is -0.378. The highest BCUT2D eigenvalue weighted by atomic mass is 16.5. The number of nitrogens with one attached hydrogen (secondary N) is 1. The number of rotatable bonds is 7. The summed E-state index contributed by atoms with van der Waals surface area (Å²) in [6.45, 7) is 2.84. The smallest absolute Gasteiger partial charge is 0.298 e. The number of para-hydroxylation sites is 2. The third-order valence-electron chi connectivity index (χ3n) is 7.16. The third-order valence-corrected chi connectivity index (χ3v) is 7.16. The Morgan fingerprint density at radius 1 is 1.11 bits per heavy atom. The number of methoxy groups -OCH3 is 1. The Hall–Kier alpha value is -3.55. The molecule has 2 aromatic carbocycles. The number of ether oxygens (including phenoxy) is 1. The highest BCUT2D eigenvalue weighted by Crippen LogP contribution is 2.31. The largest absolute Gasteiger partial charge is 0.497 e. The van der Waals surface area contributed by atoms with Gasteiger partial charge in [-0.05, 0) is 55.5 Å². The van der Waals surface area contributed by atoms with E-state index in [0.29, 0.717) is 51.3 Å². The molecule has 2 saturated heterocycles. The molecule has 184 valence electrons. The number of aromatic nitrogens is 1. The van der Waals surface area contributed by atoms with E-state index in [9.17, 15) is 9.59 Å². The first kappa shape index (κ1) is 23.2. The van der Waals surface area contributed by atoms with Crippen molar-refractivity contribution >= 4 is 28.9 Å². The van der Waals surface area contributed by atoms with Gasteiger partial charge in [-0.25, -0.2) is 0 Å². The topological polar surface area (TPSA) is 87.9 Å². The summed E-state index contributed by atoms with van der Waals surface area (Å²) in [4.78, 5) is 34.0. The first-order chi connectivity index (χ1) is 17.0. The van der Waals surface area contributed by atoms with Crippen LogP contribution in [0.3, 0.4) is 0 Å². The minimum Gasteiger partial charge on any atom is -0.497 e. The number of nitrogens with zero attached hydrogens (tertiary/aromatic N) is 3. The normalized spacial score (nSPS) is 20.7. The Bertz CT molecular complexity index is 1160. The molecule has 2 aliphatic heterocycles. The van der Waals surface area contributed by atoms with Gasteiger partial charge in [-0.2, -0.15) is 4.98 Å². The monoisotopic (exact) mass is 476 g/mol. The van der Waals surface area contributed by atoms with Crippen LogP contribution in [0.2, 0.25) is 0 Å². The summed E-state index contributed by atoms with van der Waals surface area (Å²) in [6.07, 6.45) is 3.87. The molecule has 8 heteroatoms. The van der Waals surface area contributed by atoms with Gasteiger partial charge < -0.3 is 24.3 Å². The number of carbonyl (C=O) groups excluding carboxylic acids is 2. The number of hydrogen-bond acceptors (Lipinski definition) is 6. The van der Waals surface area contributed by atoms with Crippen LogP contribution in [0.15, 0.2) is 52.9 Å². The van der Waals surface area contributed by atoms with Crippen molar-refractivity contribution in [2.24, 2.45) is 0 Å². The van der Waals surface area contributed by atoms with Crippen LogP contribution in [0.25, 0.3) is 11.1 Å². The second-order valence-corrected chi connectivity index (χ2v) is 9.54. The molecule has 3 aromatic rings. The summed E-state index contributed by atoms with van der Waals surface area (Å²) >= 11 is 0. The Labute approximate surface area is 205 Å². The van der Waals surface area contributed by atoms with Gasteiger partial charge in [0.2, 0.25) is 11.8 Å². The van der Waals surface area contributed by atoms with Crippen LogP contribution in [0, 0.1) is 0 Å². The number of benzene rings is 2. The van der Waals surface area contributed by atoms with Gasteiger partial charge in [0.05, 0.1) is 7.11 Å². The summed E-state index contributed by atoms with van der Waals surface area (Å²) in [5.74, 6) is 1.01. The number of hydrogen-bond donors (Lipinski definition) is 1. The fourth-order valence-electron chi connectivity index (χ4n) is 5.17. The van der Waals surface area contributed by atoms with Crippen molar-refractivity contribution in [3.63, 3.8) is 0 Å². The highest BCUT2D eigenvalue weighted by Gasteiger charge is 2.38. The zero-order valence-electron chi connectivity index (χ0n) is 20.2. The van der Waals surface area contributed by atoms with Gasteiger partial charge >= 0.3 is 0 Å². The maximum Gasteiger partial charge on any atom is 0.298 e. The fraction of sp³-hybridized carbons (Fsp3) is 0.444. The van der Waals surface area contributed by atoms with Crippen molar-refractivity contribution in [2.75, 3.05) is 38.2 Å². The Kier molecular flexibility index (Phi) is 6.61. The number of anilines is 1. The van der Waals surface area contributed by atoms with Gasteiger partial charge in [-0.3, -0.25) is 9.59 Å². The minimum absolute atomic E-state index is 0.0645. The average molecular weight is 477 g/mol. The summed E-state index contributed by atoms with van der Waals surface area (Å²) in [5.41, 5.74) is 2.38. The van der Waals surface area contributed by atoms with Gasteiger partial charge in [-0.15, -0.1) is 0 Å². The molecule has 1 aromatic heterocycles. The summed E-state index contributed by atoms with van der Waals surface area (Å²) in [7, 11) is 1.65. The lowest BCUT2D eigenvalue weighted by Crippen LogP contribution is -2.45. The first-order valence-electron chi connectivity index (χ1n) is 12.4. The van der Waals surface area contributed by atoms with Crippen LogP contribution in [0.1, 0.15) is 37.7 Å². The maximum atomic E-state index is 13.2. The molecule has 3 heterocycles. The predicted molar refractivity (Wildman–Crippen MR) is 133 cm³/mol. The molecular weight excluding hydrogens is 444 g/mol. The third kappa shape index (κ3) is 5.26. The second kappa shape index (κ2) is 9.98. The molecule has 2 amide bonds. The summed E-state index contributed by atoms with van der Waals surface area (Å²) in [5, 5.41) is 3.19. The molecule has 0 saturated carbocycles. The SMILES string of the molecule is COc1ccc(CC2(CCC(=O)N3CCCN(c4nc5ccccc5o4)CC3)CCC(=O)N2)cc1. The van der Waals surface area contributed by atoms with Crippen LogP contribution in [-0.2, 0) is 16.0 Å². The van der Waals surface area contributed by atoms with E-state index in [1.165, 1.54) is 0 Å². The maximum absolute atomic E-state index is 13.2. The van der Waals surface area contributed by atoms with E-state index in [2.05, 4.69) is 15.2 Å². The molecule has 0 bridgehead atoms. The van der Waals surface area contributed by atoms with Gasteiger partial charge in [0.15, 0.2) is 5.58 Å². The Morgan fingerprint density at radius 3 is 2.69 bits per heavy atom. The fourth-order valence-corrected chi connectivity index (χ4v) is 5.17. The van der Waals surface area contributed by atoms with E-state index in [1.54, 1.807) is 7.11 Å². The lowest BCUT2D eigenvalue weighted by atomic mass is 9.85. The molecule has 1 atom stereocenters.